The van der Waals surface area contributed by atoms with E-state index in [1.165, 1.54) is 11.1 Å². The van der Waals surface area contributed by atoms with Crippen LogP contribution < -0.4 is 0 Å². The first kappa shape index (κ1) is 15.6. The minimum atomic E-state index is 0.559. The zero-order valence-corrected chi connectivity index (χ0v) is 14.8. The SMILES string of the molecule is BrC[C@H]1CN=C(N(Cc2ccccc2)Cc2ccccc2)S1. The number of hydrogen-bond donors (Lipinski definition) is 0. The molecular weight excluding hydrogens is 356 g/mol. The molecule has 0 amide bonds. The molecule has 0 N–H and O–H groups in total. The molecule has 0 aromatic heterocycles. The Morgan fingerprint density at radius 1 is 0.955 bits per heavy atom. The first-order valence-electron chi connectivity index (χ1n) is 7.45. The van der Waals surface area contributed by atoms with Crippen LogP contribution in [-0.4, -0.2) is 27.2 Å². The van der Waals surface area contributed by atoms with Gasteiger partial charge in [-0.3, -0.25) is 4.99 Å². The molecule has 2 aromatic carbocycles. The van der Waals surface area contributed by atoms with Gasteiger partial charge < -0.3 is 4.90 Å². The first-order valence-corrected chi connectivity index (χ1v) is 9.45. The third-order valence-corrected chi connectivity index (χ3v) is 6.03. The summed E-state index contributed by atoms with van der Waals surface area (Å²) in [6.07, 6.45) is 0. The summed E-state index contributed by atoms with van der Waals surface area (Å²) >= 11 is 5.46. The van der Waals surface area contributed by atoms with Gasteiger partial charge in [0.05, 0.1) is 6.54 Å². The van der Waals surface area contributed by atoms with Crippen LogP contribution in [0.2, 0.25) is 0 Å². The predicted molar refractivity (Wildman–Crippen MR) is 99.6 cm³/mol. The molecule has 0 unspecified atom stereocenters. The van der Waals surface area contributed by atoms with Crippen LogP contribution in [0.15, 0.2) is 65.7 Å². The second-order valence-corrected chi connectivity index (χ2v) is 7.26. The first-order chi connectivity index (χ1) is 10.8. The molecule has 1 atom stereocenters. The Balaban J connectivity index is 1.76. The monoisotopic (exact) mass is 374 g/mol. The quantitative estimate of drug-likeness (QED) is 0.713. The van der Waals surface area contributed by atoms with E-state index >= 15 is 0 Å². The number of amidine groups is 1. The van der Waals surface area contributed by atoms with E-state index in [4.69, 9.17) is 4.99 Å². The van der Waals surface area contributed by atoms with Gasteiger partial charge in [0.15, 0.2) is 5.17 Å². The molecule has 0 saturated carbocycles. The maximum absolute atomic E-state index is 4.76. The van der Waals surface area contributed by atoms with E-state index < -0.39 is 0 Å². The molecule has 0 spiro atoms. The van der Waals surface area contributed by atoms with Crippen molar-refractivity contribution >= 4 is 32.9 Å². The van der Waals surface area contributed by atoms with E-state index in [2.05, 4.69) is 81.5 Å². The van der Waals surface area contributed by atoms with E-state index in [1.807, 2.05) is 11.8 Å². The van der Waals surface area contributed by atoms with Crippen LogP contribution in [0.1, 0.15) is 11.1 Å². The van der Waals surface area contributed by atoms with Gasteiger partial charge in [-0.25, -0.2) is 0 Å². The molecule has 1 aliphatic heterocycles. The normalized spacial score (nSPS) is 17.3. The smallest absolute Gasteiger partial charge is 0.160 e. The average Bonchev–Trinajstić information content (AvgIpc) is 3.05. The third-order valence-electron chi connectivity index (χ3n) is 3.58. The Bertz CT molecular complexity index is 574. The zero-order chi connectivity index (χ0) is 15.2. The molecule has 1 heterocycles. The fraction of sp³-hybridized carbons (Fsp3) is 0.278. The number of alkyl halides is 1. The largest absolute Gasteiger partial charge is 0.343 e. The van der Waals surface area contributed by atoms with Crippen LogP contribution >= 0.6 is 27.7 Å². The minimum Gasteiger partial charge on any atom is -0.343 e. The molecule has 1 aliphatic rings. The number of nitrogens with zero attached hydrogens (tertiary/aromatic N) is 2. The summed E-state index contributed by atoms with van der Waals surface area (Å²) in [6.45, 7) is 2.71. The second kappa shape index (κ2) is 7.84. The van der Waals surface area contributed by atoms with Gasteiger partial charge in [0.1, 0.15) is 0 Å². The Morgan fingerprint density at radius 3 is 1.95 bits per heavy atom. The van der Waals surface area contributed by atoms with Crippen LogP contribution in [0.3, 0.4) is 0 Å². The van der Waals surface area contributed by atoms with Crippen molar-refractivity contribution in [1.29, 1.82) is 0 Å². The summed E-state index contributed by atoms with van der Waals surface area (Å²) in [5.74, 6) is 0. The highest BCUT2D eigenvalue weighted by molar-refractivity contribution is 9.09. The van der Waals surface area contributed by atoms with Crippen LogP contribution in [0.4, 0.5) is 0 Å². The Morgan fingerprint density at radius 2 is 1.50 bits per heavy atom. The van der Waals surface area contributed by atoms with Gasteiger partial charge in [-0.05, 0) is 11.1 Å². The topological polar surface area (TPSA) is 15.6 Å². The highest BCUT2D eigenvalue weighted by Gasteiger charge is 2.23. The number of hydrogen-bond acceptors (Lipinski definition) is 3. The lowest BCUT2D eigenvalue weighted by Crippen LogP contribution is -2.27. The van der Waals surface area contributed by atoms with Crippen LogP contribution in [-0.2, 0) is 13.1 Å². The number of rotatable bonds is 5. The van der Waals surface area contributed by atoms with Crippen molar-refractivity contribution in [1.82, 2.24) is 4.90 Å². The molecule has 22 heavy (non-hydrogen) atoms. The fourth-order valence-electron chi connectivity index (χ4n) is 2.46. The third kappa shape index (κ3) is 4.14. The molecule has 114 valence electrons. The summed E-state index contributed by atoms with van der Waals surface area (Å²) < 4.78 is 0. The molecule has 0 bridgehead atoms. The van der Waals surface area contributed by atoms with Gasteiger partial charge in [0.2, 0.25) is 0 Å². The standard InChI is InChI=1S/C18H19BrN2S/c19-11-17-12-20-18(22-17)21(13-15-7-3-1-4-8-15)14-16-9-5-2-6-10-16/h1-10,17H,11-14H2/t17-/m0/s1. The maximum atomic E-state index is 4.76. The van der Waals surface area contributed by atoms with Crippen molar-refractivity contribution in [3.63, 3.8) is 0 Å². The van der Waals surface area contributed by atoms with E-state index in [9.17, 15) is 0 Å². The van der Waals surface area contributed by atoms with Gasteiger partial charge in [0.25, 0.3) is 0 Å². The Kier molecular flexibility index (Phi) is 5.57. The van der Waals surface area contributed by atoms with Gasteiger partial charge in [-0.15, -0.1) is 0 Å². The lowest BCUT2D eigenvalue weighted by Gasteiger charge is -2.24. The van der Waals surface area contributed by atoms with Crippen LogP contribution in [0.25, 0.3) is 0 Å². The maximum Gasteiger partial charge on any atom is 0.160 e. The van der Waals surface area contributed by atoms with Crippen molar-refractivity contribution in [2.75, 3.05) is 11.9 Å². The Hall–Kier alpha value is -1.26. The summed E-state index contributed by atoms with van der Waals surface area (Å²) in [7, 11) is 0. The molecule has 3 rings (SSSR count). The lowest BCUT2D eigenvalue weighted by molar-refractivity contribution is 0.414. The Labute approximate surface area is 144 Å². The van der Waals surface area contributed by atoms with Crippen LogP contribution in [0, 0.1) is 0 Å². The zero-order valence-electron chi connectivity index (χ0n) is 12.4. The van der Waals surface area contributed by atoms with Gasteiger partial charge in [-0.2, -0.15) is 0 Å². The van der Waals surface area contributed by atoms with Crippen LogP contribution in [0.5, 0.6) is 0 Å². The second-order valence-electron chi connectivity index (χ2n) is 5.34. The van der Waals surface area contributed by atoms with Crippen molar-refractivity contribution in [3.05, 3.63) is 71.8 Å². The molecular formula is C18H19BrN2S. The minimum absolute atomic E-state index is 0.559. The highest BCUT2D eigenvalue weighted by atomic mass is 79.9. The van der Waals surface area contributed by atoms with Gasteiger partial charge in [-0.1, -0.05) is 88.4 Å². The van der Waals surface area contributed by atoms with Crippen molar-refractivity contribution in [2.24, 2.45) is 4.99 Å². The summed E-state index contributed by atoms with van der Waals surface area (Å²) in [5.41, 5.74) is 2.65. The number of thioether (sulfide) groups is 1. The number of halogens is 1. The number of benzene rings is 2. The van der Waals surface area contributed by atoms with E-state index in [0.29, 0.717) is 5.25 Å². The van der Waals surface area contributed by atoms with Crippen molar-refractivity contribution in [2.45, 2.75) is 18.3 Å². The summed E-state index contributed by atoms with van der Waals surface area (Å²) in [6, 6.07) is 21.2. The van der Waals surface area contributed by atoms with Gasteiger partial charge in [0, 0.05) is 23.7 Å². The molecule has 0 aliphatic carbocycles. The molecule has 2 nitrogen and oxygen atoms in total. The molecule has 2 aromatic rings. The molecule has 4 heteroatoms. The van der Waals surface area contributed by atoms with E-state index in [-0.39, 0.29) is 0 Å². The highest BCUT2D eigenvalue weighted by Crippen LogP contribution is 2.27. The van der Waals surface area contributed by atoms with Crippen molar-refractivity contribution < 1.29 is 0 Å². The molecule has 0 fully saturated rings. The van der Waals surface area contributed by atoms with E-state index in [0.717, 1.165) is 30.1 Å². The predicted octanol–water partition coefficient (Wildman–Crippen LogP) is 4.56. The number of aliphatic imine (C=N–C) groups is 1. The lowest BCUT2D eigenvalue weighted by atomic mass is 10.2. The summed E-state index contributed by atoms with van der Waals surface area (Å²) in [4.78, 5) is 7.14. The van der Waals surface area contributed by atoms with Crippen molar-refractivity contribution in [3.8, 4) is 0 Å². The average molecular weight is 375 g/mol. The fourth-order valence-corrected chi connectivity index (χ4v) is 4.00. The molecule has 0 saturated heterocycles. The summed E-state index contributed by atoms with van der Waals surface area (Å²) in [5, 5.41) is 2.72. The van der Waals surface area contributed by atoms with E-state index in [1.54, 1.807) is 0 Å². The molecule has 0 radical (unpaired) electrons. The van der Waals surface area contributed by atoms with Gasteiger partial charge >= 0.3 is 0 Å².